The van der Waals surface area contributed by atoms with E-state index >= 15 is 0 Å². The third-order valence-electron chi connectivity index (χ3n) is 3.45. The molecule has 4 nitrogen and oxygen atoms in total. The molecule has 0 radical (unpaired) electrons. The number of benzene rings is 1. The number of anilines is 1. The summed E-state index contributed by atoms with van der Waals surface area (Å²) in [5.74, 6) is 0. The second-order valence-electron chi connectivity index (χ2n) is 5.01. The van der Waals surface area contributed by atoms with Crippen molar-refractivity contribution in [1.82, 2.24) is 9.88 Å². The van der Waals surface area contributed by atoms with Crippen LogP contribution in [0.4, 0.5) is 10.5 Å². The van der Waals surface area contributed by atoms with Crippen LogP contribution in [0.2, 0.25) is 0 Å². The van der Waals surface area contributed by atoms with Crippen LogP contribution in [0.3, 0.4) is 0 Å². The Hall–Kier alpha value is -2.36. The lowest BCUT2D eigenvalue weighted by Gasteiger charge is -2.18. The fourth-order valence-electron chi connectivity index (χ4n) is 1.99. The number of carbonyl (C=O) groups excluding carboxylic acids is 1. The van der Waals surface area contributed by atoms with Gasteiger partial charge in [0.2, 0.25) is 0 Å². The maximum Gasteiger partial charge on any atom is 0.321 e. The van der Waals surface area contributed by atoms with Gasteiger partial charge in [0.15, 0.2) is 0 Å². The molecule has 1 aromatic heterocycles. The van der Waals surface area contributed by atoms with Crippen molar-refractivity contribution in [2.75, 3.05) is 18.9 Å². The van der Waals surface area contributed by atoms with Gasteiger partial charge in [-0.15, -0.1) is 0 Å². The lowest BCUT2D eigenvalue weighted by molar-refractivity contribution is 0.223. The highest BCUT2D eigenvalue weighted by molar-refractivity contribution is 5.89. The number of aryl methyl sites for hydroxylation is 1. The van der Waals surface area contributed by atoms with Gasteiger partial charge in [0.1, 0.15) is 0 Å². The van der Waals surface area contributed by atoms with Crippen molar-refractivity contribution in [3.05, 3.63) is 59.9 Å². The molecule has 0 atom stereocenters. The number of hydrogen-bond acceptors (Lipinski definition) is 2. The van der Waals surface area contributed by atoms with Gasteiger partial charge in [-0.05, 0) is 48.2 Å². The highest BCUT2D eigenvalue weighted by atomic mass is 16.2. The number of amides is 2. The van der Waals surface area contributed by atoms with Crippen LogP contribution in [0.5, 0.6) is 0 Å². The number of carbonyl (C=O) groups is 1. The number of likely N-dealkylation sites (N-methyl/N-ethyl adjacent to an activating group) is 1. The zero-order valence-corrected chi connectivity index (χ0v) is 12.5. The fraction of sp³-hybridized carbons (Fsp3) is 0.294. The van der Waals surface area contributed by atoms with E-state index in [1.165, 1.54) is 11.1 Å². The molecule has 4 heteroatoms. The zero-order chi connectivity index (χ0) is 15.1. The van der Waals surface area contributed by atoms with Gasteiger partial charge in [0, 0.05) is 31.7 Å². The lowest BCUT2D eigenvalue weighted by atomic mass is 10.1. The monoisotopic (exact) mass is 283 g/mol. The Morgan fingerprint density at radius 3 is 2.38 bits per heavy atom. The predicted molar refractivity (Wildman–Crippen MR) is 85.4 cm³/mol. The maximum absolute atomic E-state index is 12.1. The van der Waals surface area contributed by atoms with Crippen LogP contribution in [-0.2, 0) is 12.8 Å². The molecule has 0 spiro atoms. The Kier molecular flexibility index (Phi) is 5.32. The van der Waals surface area contributed by atoms with Gasteiger partial charge in [-0.1, -0.05) is 19.1 Å². The number of aromatic nitrogens is 1. The first-order valence-corrected chi connectivity index (χ1v) is 7.19. The summed E-state index contributed by atoms with van der Waals surface area (Å²) in [4.78, 5) is 17.8. The molecule has 21 heavy (non-hydrogen) atoms. The van der Waals surface area contributed by atoms with Gasteiger partial charge in [-0.25, -0.2) is 4.79 Å². The van der Waals surface area contributed by atoms with Crippen molar-refractivity contribution >= 4 is 11.7 Å². The number of urea groups is 1. The number of hydrogen-bond donors (Lipinski definition) is 1. The third kappa shape index (κ3) is 4.60. The molecule has 2 aromatic rings. The first-order valence-electron chi connectivity index (χ1n) is 7.19. The predicted octanol–water partition coefficient (Wildman–Crippen LogP) is 3.35. The molecule has 1 heterocycles. The Balaban J connectivity index is 1.84. The van der Waals surface area contributed by atoms with Crippen LogP contribution in [0.25, 0.3) is 0 Å². The van der Waals surface area contributed by atoms with Crippen LogP contribution < -0.4 is 5.32 Å². The number of pyridine rings is 1. The number of nitrogens with one attached hydrogen (secondary N) is 1. The normalized spacial score (nSPS) is 10.2. The number of rotatable bonds is 5. The molecule has 110 valence electrons. The van der Waals surface area contributed by atoms with E-state index in [-0.39, 0.29) is 6.03 Å². The van der Waals surface area contributed by atoms with E-state index in [2.05, 4.69) is 17.2 Å². The van der Waals surface area contributed by atoms with Gasteiger partial charge in [0.25, 0.3) is 0 Å². The highest BCUT2D eigenvalue weighted by Crippen LogP contribution is 2.10. The molecule has 0 aliphatic rings. The fourth-order valence-corrected chi connectivity index (χ4v) is 1.99. The van der Waals surface area contributed by atoms with Crippen LogP contribution in [0, 0.1) is 0 Å². The molecular weight excluding hydrogens is 262 g/mol. The second kappa shape index (κ2) is 7.43. The summed E-state index contributed by atoms with van der Waals surface area (Å²) in [5, 5.41) is 2.90. The summed E-state index contributed by atoms with van der Waals surface area (Å²) < 4.78 is 0. The van der Waals surface area contributed by atoms with Crippen molar-refractivity contribution in [2.24, 2.45) is 0 Å². The molecule has 1 aromatic carbocycles. The van der Waals surface area contributed by atoms with Gasteiger partial charge in [-0.3, -0.25) is 4.98 Å². The van der Waals surface area contributed by atoms with E-state index in [9.17, 15) is 4.79 Å². The molecule has 0 bridgehead atoms. The summed E-state index contributed by atoms with van der Waals surface area (Å²) >= 11 is 0. The molecular formula is C17H21N3O. The van der Waals surface area contributed by atoms with Crippen LogP contribution >= 0.6 is 0 Å². The first kappa shape index (κ1) is 15.0. The van der Waals surface area contributed by atoms with Crippen molar-refractivity contribution in [3.63, 3.8) is 0 Å². The standard InChI is InChI=1S/C17H21N3O/c1-3-14-4-6-16(7-5-14)19-17(21)20(2)13-10-15-8-11-18-12-9-15/h4-9,11-12H,3,10,13H2,1-2H3,(H,19,21). The molecule has 0 aliphatic carbocycles. The quantitative estimate of drug-likeness (QED) is 0.914. The van der Waals surface area contributed by atoms with Gasteiger partial charge < -0.3 is 10.2 Å². The smallest absolute Gasteiger partial charge is 0.321 e. The van der Waals surface area contributed by atoms with Gasteiger partial charge in [-0.2, -0.15) is 0 Å². The summed E-state index contributed by atoms with van der Waals surface area (Å²) in [6, 6.07) is 11.8. The topological polar surface area (TPSA) is 45.2 Å². The van der Waals surface area contributed by atoms with Crippen molar-refractivity contribution < 1.29 is 4.79 Å². The molecule has 0 unspecified atom stereocenters. The van der Waals surface area contributed by atoms with Crippen LogP contribution in [-0.4, -0.2) is 29.5 Å². The third-order valence-corrected chi connectivity index (χ3v) is 3.45. The Morgan fingerprint density at radius 2 is 1.76 bits per heavy atom. The Morgan fingerprint density at radius 1 is 1.10 bits per heavy atom. The molecule has 0 saturated heterocycles. The maximum atomic E-state index is 12.1. The zero-order valence-electron chi connectivity index (χ0n) is 12.5. The van der Waals surface area contributed by atoms with E-state index in [0.717, 1.165) is 18.5 Å². The Labute approximate surface area is 125 Å². The van der Waals surface area contributed by atoms with E-state index in [1.54, 1.807) is 24.3 Å². The molecule has 0 fully saturated rings. The molecule has 2 rings (SSSR count). The summed E-state index contributed by atoms with van der Waals surface area (Å²) in [6.45, 7) is 2.78. The minimum absolute atomic E-state index is 0.0895. The van der Waals surface area contributed by atoms with Crippen LogP contribution in [0.15, 0.2) is 48.8 Å². The summed E-state index contributed by atoms with van der Waals surface area (Å²) in [5.41, 5.74) is 3.27. The Bertz CT molecular complexity index is 566. The molecule has 2 amide bonds. The van der Waals surface area contributed by atoms with E-state index < -0.39 is 0 Å². The van der Waals surface area contributed by atoms with Crippen LogP contribution in [0.1, 0.15) is 18.1 Å². The molecule has 0 aliphatic heterocycles. The van der Waals surface area contributed by atoms with E-state index in [1.807, 2.05) is 36.4 Å². The average Bonchev–Trinajstić information content (AvgIpc) is 2.54. The SMILES string of the molecule is CCc1ccc(NC(=O)N(C)CCc2ccncc2)cc1. The van der Waals surface area contributed by atoms with E-state index in [4.69, 9.17) is 0 Å². The first-order chi connectivity index (χ1) is 10.2. The van der Waals surface area contributed by atoms with Crippen molar-refractivity contribution in [2.45, 2.75) is 19.8 Å². The number of nitrogens with zero attached hydrogens (tertiary/aromatic N) is 2. The largest absolute Gasteiger partial charge is 0.327 e. The summed E-state index contributed by atoms with van der Waals surface area (Å²) in [7, 11) is 1.80. The minimum atomic E-state index is -0.0895. The van der Waals surface area contributed by atoms with Gasteiger partial charge >= 0.3 is 6.03 Å². The molecule has 0 saturated carbocycles. The van der Waals surface area contributed by atoms with Crippen molar-refractivity contribution in [3.8, 4) is 0 Å². The lowest BCUT2D eigenvalue weighted by Crippen LogP contribution is -2.32. The minimum Gasteiger partial charge on any atom is -0.327 e. The summed E-state index contributed by atoms with van der Waals surface area (Å²) in [6.07, 6.45) is 5.36. The van der Waals surface area contributed by atoms with Gasteiger partial charge in [0.05, 0.1) is 0 Å². The van der Waals surface area contributed by atoms with Crippen molar-refractivity contribution in [1.29, 1.82) is 0 Å². The van der Waals surface area contributed by atoms with E-state index in [0.29, 0.717) is 6.54 Å². The molecule has 1 N–H and O–H groups in total. The highest BCUT2D eigenvalue weighted by Gasteiger charge is 2.08. The average molecular weight is 283 g/mol. The second-order valence-corrected chi connectivity index (χ2v) is 5.01.